The second kappa shape index (κ2) is 4.99. The number of halogens is 1. The van der Waals surface area contributed by atoms with Crippen molar-refractivity contribution in [3.63, 3.8) is 0 Å². The standard InChI is InChI=1S/C17H17ClO/c1-11-10-12(6-8-16(11)18)13-7-9-17(19)15-5-3-2-4-14(13)15/h2-6,8,10,13,17,19H,7,9H2,1H3/t13-,17+/m0/s1. The number of benzene rings is 2. The fraction of sp³-hybridized carbons (Fsp3) is 0.294. The SMILES string of the molecule is Cc1cc([C@@H]2CC[C@@H](O)c3ccccc32)ccc1Cl. The topological polar surface area (TPSA) is 20.2 Å². The molecule has 1 nitrogen and oxygen atoms in total. The fourth-order valence-electron chi connectivity index (χ4n) is 3.00. The van der Waals surface area contributed by atoms with Gasteiger partial charge in [-0.05, 0) is 48.1 Å². The molecule has 0 radical (unpaired) electrons. The third-order valence-electron chi connectivity index (χ3n) is 4.04. The highest BCUT2D eigenvalue weighted by atomic mass is 35.5. The molecule has 2 aromatic carbocycles. The zero-order chi connectivity index (χ0) is 13.4. The molecule has 0 heterocycles. The Morgan fingerprint density at radius 3 is 2.53 bits per heavy atom. The van der Waals surface area contributed by atoms with Crippen molar-refractivity contribution in [2.24, 2.45) is 0 Å². The van der Waals surface area contributed by atoms with Crippen molar-refractivity contribution in [1.82, 2.24) is 0 Å². The zero-order valence-corrected chi connectivity index (χ0v) is 11.7. The van der Waals surface area contributed by atoms with Crippen LogP contribution in [0, 0.1) is 6.92 Å². The van der Waals surface area contributed by atoms with Gasteiger partial charge < -0.3 is 5.11 Å². The molecular weight excluding hydrogens is 256 g/mol. The van der Waals surface area contributed by atoms with Crippen LogP contribution in [-0.2, 0) is 0 Å². The van der Waals surface area contributed by atoms with E-state index < -0.39 is 0 Å². The molecule has 1 aliphatic carbocycles. The Hall–Kier alpha value is -1.31. The minimum Gasteiger partial charge on any atom is -0.388 e. The minimum absolute atomic E-state index is 0.319. The largest absolute Gasteiger partial charge is 0.388 e. The Kier molecular flexibility index (Phi) is 3.34. The van der Waals surface area contributed by atoms with Gasteiger partial charge in [-0.3, -0.25) is 0 Å². The van der Waals surface area contributed by atoms with E-state index in [0.29, 0.717) is 5.92 Å². The van der Waals surface area contributed by atoms with Gasteiger partial charge in [0.05, 0.1) is 6.10 Å². The molecule has 0 amide bonds. The number of aryl methyl sites for hydroxylation is 1. The van der Waals surface area contributed by atoms with E-state index in [1.807, 2.05) is 31.2 Å². The van der Waals surface area contributed by atoms with Crippen LogP contribution in [0.4, 0.5) is 0 Å². The third kappa shape index (κ3) is 2.29. The van der Waals surface area contributed by atoms with Gasteiger partial charge in [0.2, 0.25) is 0 Å². The van der Waals surface area contributed by atoms with Gasteiger partial charge in [-0.15, -0.1) is 0 Å². The van der Waals surface area contributed by atoms with Crippen molar-refractivity contribution < 1.29 is 5.11 Å². The van der Waals surface area contributed by atoms with Gasteiger partial charge >= 0.3 is 0 Å². The van der Waals surface area contributed by atoms with Gasteiger partial charge in [0.1, 0.15) is 0 Å². The van der Waals surface area contributed by atoms with Crippen LogP contribution in [0.25, 0.3) is 0 Å². The van der Waals surface area contributed by atoms with Crippen LogP contribution in [0.15, 0.2) is 42.5 Å². The predicted molar refractivity (Wildman–Crippen MR) is 78.7 cm³/mol. The molecule has 0 spiro atoms. The monoisotopic (exact) mass is 272 g/mol. The first-order valence-electron chi connectivity index (χ1n) is 6.70. The summed E-state index contributed by atoms with van der Waals surface area (Å²) in [6, 6.07) is 14.5. The summed E-state index contributed by atoms with van der Waals surface area (Å²) in [4.78, 5) is 0. The van der Waals surface area contributed by atoms with Gasteiger partial charge in [0.25, 0.3) is 0 Å². The van der Waals surface area contributed by atoms with Gasteiger partial charge in [0.15, 0.2) is 0 Å². The maximum atomic E-state index is 10.1. The molecule has 0 fully saturated rings. The minimum atomic E-state index is -0.319. The van der Waals surface area contributed by atoms with Crippen LogP contribution in [0.2, 0.25) is 5.02 Å². The number of aliphatic hydroxyl groups is 1. The average Bonchev–Trinajstić information content (AvgIpc) is 2.43. The van der Waals surface area contributed by atoms with Crippen molar-refractivity contribution in [3.05, 3.63) is 69.7 Å². The molecule has 1 N–H and O–H groups in total. The Bertz CT molecular complexity index is 606. The van der Waals surface area contributed by atoms with E-state index in [0.717, 1.165) is 29.0 Å². The summed E-state index contributed by atoms with van der Waals surface area (Å²) in [5.74, 6) is 0.371. The van der Waals surface area contributed by atoms with E-state index in [-0.39, 0.29) is 6.10 Å². The molecule has 3 rings (SSSR count). The quantitative estimate of drug-likeness (QED) is 0.804. The lowest BCUT2D eigenvalue weighted by atomic mass is 9.77. The van der Waals surface area contributed by atoms with Crippen LogP contribution in [0.3, 0.4) is 0 Å². The van der Waals surface area contributed by atoms with Crippen LogP contribution in [-0.4, -0.2) is 5.11 Å². The van der Waals surface area contributed by atoms with E-state index in [9.17, 15) is 5.11 Å². The van der Waals surface area contributed by atoms with Crippen LogP contribution >= 0.6 is 11.6 Å². The smallest absolute Gasteiger partial charge is 0.0793 e. The lowest BCUT2D eigenvalue weighted by molar-refractivity contribution is 0.153. The molecule has 1 aliphatic rings. The van der Waals surface area contributed by atoms with Crippen molar-refractivity contribution in [2.75, 3.05) is 0 Å². The normalized spacial score (nSPS) is 22.1. The van der Waals surface area contributed by atoms with Crippen molar-refractivity contribution in [3.8, 4) is 0 Å². The van der Waals surface area contributed by atoms with Gasteiger partial charge in [0, 0.05) is 10.9 Å². The summed E-state index contributed by atoms with van der Waals surface area (Å²) >= 11 is 6.10. The molecule has 0 aromatic heterocycles. The van der Waals surface area contributed by atoms with Crippen LogP contribution in [0.1, 0.15) is 47.1 Å². The lowest BCUT2D eigenvalue weighted by Crippen LogP contribution is -2.15. The lowest BCUT2D eigenvalue weighted by Gasteiger charge is -2.29. The zero-order valence-electron chi connectivity index (χ0n) is 10.9. The first-order valence-corrected chi connectivity index (χ1v) is 7.07. The van der Waals surface area contributed by atoms with E-state index in [4.69, 9.17) is 11.6 Å². The number of hydrogen-bond acceptors (Lipinski definition) is 1. The molecule has 0 aliphatic heterocycles. The summed E-state index contributed by atoms with van der Waals surface area (Å²) in [5.41, 5.74) is 4.73. The van der Waals surface area contributed by atoms with Crippen molar-refractivity contribution in [1.29, 1.82) is 0 Å². The molecule has 2 heteroatoms. The summed E-state index contributed by atoms with van der Waals surface area (Å²) in [5, 5.41) is 10.9. The van der Waals surface area contributed by atoms with Gasteiger partial charge in [-0.1, -0.05) is 48.0 Å². The molecule has 2 aromatic rings. The average molecular weight is 273 g/mol. The van der Waals surface area contributed by atoms with E-state index >= 15 is 0 Å². The molecular formula is C17H17ClO. The van der Waals surface area contributed by atoms with Gasteiger partial charge in [-0.25, -0.2) is 0 Å². The second-order valence-electron chi connectivity index (χ2n) is 5.28. The summed E-state index contributed by atoms with van der Waals surface area (Å²) < 4.78 is 0. The molecule has 0 saturated carbocycles. The van der Waals surface area contributed by atoms with E-state index in [2.05, 4.69) is 18.2 Å². The number of aliphatic hydroxyl groups excluding tert-OH is 1. The highest BCUT2D eigenvalue weighted by Gasteiger charge is 2.26. The van der Waals surface area contributed by atoms with Crippen LogP contribution in [0.5, 0.6) is 0 Å². The molecule has 19 heavy (non-hydrogen) atoms. The van der Waals surface area contributed by atoms with Gasteiger partial charge in [-0.2, -0.15) is 0 Å². The first kappa shape index (κ1) is 12.7. The molecule has 2 atom stereocenters. The Morgan fingerprint density at radius 2 is 1.79 bits per heavy atom. The molecule has 0 bridgehead atoms. The number of fused-ring (bicyclic) bond motifs is 1. The van der Waals surface area contributed by atoms with E-state index in [1.165, 1.54) is 11.1 Å². The first-order chi connectivity index (χ1) is 9.16. The number of rotatable bonds is 1. The van der Waals surface area contributed by atoms with Crippen molar-refractivity contribution in [2.45, 2.75) is 31.8 Å². The maximum absolute atomic E-state index is 10.1. The Balaban J connectivity index is 2.07. The maximum Gasteiger partial charge on any atom is 0.0793 e. The highest BCUT2D eigenvalue weighted by molar-refractivity contribution is 6.31. The predicted octanol–water partition coefficient (Wildman–Crippen LogP) is 4.61. The Labute approximate surface area is 118 Å². The van der Waals surface area contributed by atoms with E-state index in [1.54, 1.807) is 0 Å². The Morgan fingerprint density at radius 1 is 1.05 bits per heavy atom. The third-order valence-corrected chi connectivity index (χ3v) is 4.47. The highest BCUT2D eigenvalue weighted by Crippen LogP contribution is 2.41. The molecule has 98 valence electrons. The fourth-order valence-corrected chi connectivity index (χ4v) is 3.12. The van der Waals surface area contributed by atoms with Crippen molar-refractivity contribution >= 4 is 11.6 Å². The summed E-state index contributed by atoms with van der Waals surface area (Å²) in [7, 11) is 0. The molecule has 0 unspecified atom stereocenters. The second-order valence-corrected chi connectivity index (χ2v) is 5.69. The summed E-state index contributed by atoms with van der Waals surface area (Å²) in [6.45, 7) is 2.04. The molecule has 0 saturated heterocycles. The summed E-state index contributed by atoms with van der Waals surface area (Å²) in [6.07, 6.45) is 1.49. The number of hydrogen-bond donors (Lipinski definition) is 1. The van der Waals surface area contributed by atoms with Crippen LogP contribution < -0.4 is 0 Å².